The van der Waals surface area contributed by atoms with Crippen LogP contribution < -0.4 is 15.0 Å². The normalized spacial score (nSPS) is 14.4. The highest BCUT2D eigenvalue weighted by molar-refractivity contribution is 6.08. The minimum Gasteiger partial charge on any atom is -0.496 e. The smallest absolute Gasteiger partial charge is 0.251 e. The van der Waals surface area contributed by atoms with Crippen LogP contribution in [0.3, 0.4) is 0 Å². The summed E-state index contributed by atoms with van der Waals surface area (Å²) in [6.45, 7) is 13.9. The summed E-state index contributed by atoms with van der Waals surface area (Å²) in [4.78, 5) is 14.8. The van der Waals surface area contributed by atoms with E-state index in [4.69, 9.17) is 9.47 Å². The molecule has 164 valence electrons. The Labute approximate surface area is 185 Å². The van der Waals surface area contributed by atoms with Crippen LogP contribution in [0.2, 0.25) is 0 Å². The molecule has 1 aliphatic heterocycles. The van der Waals surface area contributed by atoms with Crippen molar-refractivity contribution in [1.82, 2.24) is 0 Å². The Hall–Kier alpha value is -3.21. The number of anilines is 2. The first-order chi connectivity index (χ1) is 14.6. The minimum absolute atomic E-state index is 0.000398. The van der Waals surface area contributed by atoms with E-state index in [1.54, 1.807) is 18.1 Å². The lowest BCUT2D eigenvalue weighted by molar-refractivity contribution is -0.121. The number of carbonyl (C=O) groups is 1. The van der Waals surface area contributed by atoms with Gasteiger partial charge in [-0.2, -0.15) is 0 Å². The number of rotatable bonds is 6. The maximum absolute atomic E-state index is 13.1. The number of fused-ring (bicyclic) bond motifs is 1. The van der Waals surface area contributed by atoms with E-state index in [1.807, 2.05) is 53.8 Å². The number of allylic oxidation sites excluding steroid dienone is 2. The fourth-order valence-corrected chi connectivity index (χ4v) is 4.01. The van der Waals surface area contributed by atoms with Gasteiger partial charge in [-0.05, 0) is 69.5 Å². The van der Waals surface area contributed by atoms with E-state index in [9.17, 15) is 4.79 Å². The lowest BCUT2D eigenvalue weighted by Gasteiger charge is -2.39. The third-order valence-corrected chi connectivity index (χ3v) is 5.60. The third kappa shape index (κ3) is 4.18. The molecule has 5 nitrogen and oxygen atoms in total. The summed E-state index contributed by atoms with van der Waals surface area (Å²) < 4.78 is 11.8. The van der Waals surface area contributed by atoms with Crippen molar-refractivity contribution in [3.05, 3.63) is 65.4 Å². The van der Waals surface area contributed by atoms with Crippen LogP contribution in [-0.4, -0.2) is 25.6 Å². The largest absolute Gasteiger partial charge is 0.496 e. The van der Waals surface area contributed by atoms with Crippen LogP contribution in [0.4, 0.5) is 11.4 Å². The van der Waals surface area contributed by atoms with Crippen molar-refractivity contribution >= 4 is 17.3 Å². The molecule has 3 rings (SSSR count). The van der Waals surface area contributed by atoms with Gasteiger partial charge in [0.15, 0.2) is 0 Å². The molecule has 0 unspecified atom stereocenters. The second-order valence-corrected chi connectivity index (χ2v) is 8.66. The SMILES string of the molecule is C=CC(OCc1c(-c2ccc(C)cc2OC)ccc2c1N(C)C(=O)C(C)(C)N2)=C(C)C. The quantitative estimate of drug-likeness (QED) is 0.472. The van der Waals surface area contributed by atoms with Crippen molar-refractivity contribution in [1.29, 1.82) is 0 Å². The molecule has 0 fully saturated rings. The van der Waals surface area contributed by atoms with Crippen LogP contribution in [0.5, 0.6) is 5.75 Å². The van der Waals surface area contributed by atoms with Crippen molar-refractivity contribution in [3.63, 3.8) is 0 Å². The molecule has 0 bridgehead atoms. The van der Waals surface area contributed by atoms with Gasteiger partial charge in [0.05, 0.1) is 18.5 Å². The molecule has 2 aromatic carbocycles. The predicted molar refractivity (Wildman–Crippen MR) is 128 cm³/mol. The zero-order valence-electron chi connectivity index (χ0n) is 19.6. The van der Waals surface area contributed by atoms with Gasteiger partial charge in [-0.15, -0.1) is 0 Å². The van der Waals surface area contributed by atoms with Gasteiger partial charge in [-0.3, -0.25) is 4.79 Å². The molecule has 1 heterocycles. The highest BCUT2D eigenvalue weighted by Gasteiger charge is 2.38. The molecular formula is C26H32N2O3. The highest BCUT2D eigenvalue weighted by atomic mass is 16.5. The minimum atomic E-state index is -0.685. The summed E-state index contributed by atoms with van der Waals surface area (Å²) in [6, 6.07) is 10.2. The van der Waals surface area contributed by atoms with E-state index in [1.165, 1.54) is 0 Å². The van der Waals surface area contributed by atoms with E-state index in [0.29, 0.717) is 6.61 Å². The zero-order chi connectivity index (χ0) is 22.9. The zero-order valence-corrected chi connectivity index (χ0v) is 19.6. The van der Waals surface area contributed by atoms with Crippen molar-refractivity contribution in [2.24, 2.45) is 0 Å². The van der Waals surface area contributed by atoms with Crippen LogP contribution in [0.15, 0.2) is 54.3 Å². The average Bonchev–Trinajstić information content (AvgIpc) is 2.72. The molecule has 1 aliphatic rings. The van der Waals surface area contributed by atoms with E-state index in [2.05, 4.69) is 30.1 Å². The average molecular weight is 421 g/mol. The third-order valence-electron chi connectivity index (χ3n) is 5.60. The first-order valence-electron chi connectivity index (χ1n) is 10.4. The fraction of sp³-hybridized carbons (Fsp3) is 0.346. The second kappa shape index (κ2) is 8.50. The predicted octanol–water partition coefficient (Wildman–Crippen LogP) is 5.83. The van der Waals surface area contributed by atoms with Crippen LogP contribution in [0.25, 0.3) is 11.1 Å². The summed E-state index contributed by atoms with van der Waals surface area (Å²) in [6.07, 6.45) is 1.72. The lowest BCUT2D eigenvalue weighted by atomic mass is 9.91. The molecule has 0 saturated carbocycles. The summed E-state index contributed by atoms with van der Waals surface area (Å²) >= 11 is 0. The maximum Gasteiger partial charge on any atom is 0.251 e. The molecule has 2 aromatic rings. The summed E-state index contributed by atoms with van der Waals surface area (Å²) in [5, 5.41) is 3.39. The standard InChI is InChI=1S/C26H32N2O3/c1-9-22(16(2)3)31-15-20-18(19-11-10-17(4)14-23(19)30-8)12-13-21-24(20)28(7)25(29)26(5,6)27-21/h9-14,27H,1,15H2,2-8H3. The van der Waals surface area contributed by atoms with Gasteiger partial charge in [0.2, 0.25) is 0 Å². The first-order valence-corrected chi connectivity index (χ1v) is 10.4. The lowest BCUT2D eigenvalue weighted by Crippen LogP contribution is -2.52. The maximum atomic E-state index is 13.1. The number of carbonyl (C=O) groups excluding carboxylic acids is 1. The molecule has 1 N–H and O–H groups in total. The number of aryl methyl sites for hydroxylation is 1. The number of nitrogens with zero attached hydrogens (tertiary/aromatic N) is 1. The number of ether oxygens (including phenoxy) is 2. The number of hydrogen-bond acceptors (Lipinski definition) is 4. The molecule has 0 radical (unpaired) electrons. The van der Waals surface area contributed by atoms with Gasteiger partial charge in [-0.1, -0.05) is 24.8 Å². The highest BCUT2D eigenvalue weighted by Crippen LogP contribution is 2.44. The van der Waals surface area contributed by atoms with Gasteiger partial charge in [0.1, 0.15) is 23.7 Å². The molecule has 1 amide bonds. The Morgan fingerprint density at radius 3 is 2.48 bits per heavy atom. The van der Waals surface area contributed by atoms with Crippen molar-refractivity contribution in [2.45, 2.75) is 46.8 Å². The van der Waals surface area contributed by atoms with E-state index in [-0.39, 0.29) is 5.91 Å². The summed E-state index contributed by atoms with van der Waals surface area (Å²) in [5.41, 5.74) is 6.03. The Morgan fingerprint density at radius 1 is 1.19 bits per heavy atom. The number of likely N-dealkylation sites (N-methyl/N-ethyl adjacent to an activating group) is 1. The molecule has 0 aromatic heterocycles. The first kappa shape index (κ1) is 22.5. The Morgan fingerprint density at radius 2 is 1.87 bits per heavy atom. The van der Waals surface area contributed by atoms with Gasteiger partial charge < -0.3 is 19.7 Å². The van der Waals surface area contributed by atoms with E-state index < -0.39 is 5.54 Å². The van der Waals surface area contributed by atoms with Crippen molar-refractivity contribution in [2.75, 3.05) is 24.4 Å². The number of nitrogens with one attached hydrogen (secondary N) is 1. The number of amides is 1. The van der Waals surface area contributed by atoms with Crippen LogP contribution in [-0.2, 0) is 16.1 Å². The Kier molecular flexibility index (Phi) is 6.16. The van der Waals surface area contributed by atoms with Gasteiger partial charge >= 0.3 is 0 Å². The number of hydrogen-bond donors (Lipinski definition) is 1. The molecule has 0 spiro atoms. The molecular weight excluding hydrogens is 388 g/mol. The van der Waals surface area contributed by atoms with Crippen LogP contribution in [0, 0.1) is 6.92 Å². The molecule has 0 atom stereocenters. The Balaban J connectivity index is 2.24. The summed E-state index contributed by atoms with van der Waals surface area (Å²) in [5.74, 6) is 1.52. The van der Waals surface area contributed by atoms with Gasteiger partial charge in [0.25, 0.3) is 5.91 Å². The fourth-order valence-electron chi connectivity index (χ4n) is 4.01. The van der Waals surface area contributed by atoms with Crippen molar-refractivity contribution < 1.29 is 14.3 Å². The summed E-state index contributed by atoms with van der Waals surface area (Å²) in [7, 11) is 3.49. The number of benzene rings is 2. The van der Waals surface area contributed by atoms with E-state index >= 15 is 0 Å². The molecule has 31 heavy (non-hydrogen) atoms. The van der Waals surface area contributed by atoms with Crippen LogP contribution in [0.1, 0.15) is 38.8 Å². The van der Waals surface area contributed by atoms with Crippen molar-refractivity contribution in [3.8, 4) is 16.9 Å². The monoisotopic (exact) mass is 420 g/mol. The Bertz CT molecular complexity index is 1060. The van der Waals surface area contributed by atoms with Gasteiger partial charge in [-0.25, -0.2) is 0 Å². The van der Waals surface area contributed by atoms with Gasteiger partial charge in [0, 0.05) is 18.2 Å². The van der Waals surface area contributed by atoms with Crippen LogP contribution >= 0.6 is 0 Å². The molecule has 0 aliphatic carbocycles. The van der Waals surface area contributed by atoms with E-state index in [0.717, 1.165) is 50.7 Å². The second-order valence-electron chi connectivity index (χ2n) is 8.66. The molecule has 5 heteroatoms. The number of methoxy groups -OCH3 is 1. The molecule has 0 saturated heterocycles. The topological polar surface area (TPSA) is 50.8 Å².